The van der Waals surface area contributed by atoms with Crippen molar-refractivity contribution in [3.63, 3.8) is 0 Å². The largest absolute Gasteiger partial charge is 0.423 e. The molecule has 8 nitrogen and oxygen atoms in total. The van der Waals surface area contributed by atoms with E-state index in [1.807, 2.05) is 0 Å². The van der Waals surface area contributed by atoms with Crippen LogP contribution >= 0.6 is 0 Å². The molecule has 0 heterocycles. The Kier molecular flexibility index (Phi) is 19.2. The monoisotopic (exact) mass is 970 g/mol. The van der Waals surface area contributed by atoms with Gasteiger partial charge in [-0.25, -0.2) is 28.0 Å². The summed E-state index contributed by atoms with van der Waals surface area (Å²) in [7, 11) is 0. The van der Waals surface area contributed by atoms with Crippen LogP contribution in [0.25, 0.3) is 22.3 Å². The Morgan fingerprint density at radius 1 is 0.347 bits per heavy atom. The second-order valence-electron chi connectivity index (χ2n) is 17.9. The van der Waals surface area contributed by atoms with E-state index in [0.717, 1.165) is 59.4 Å². The van der Waals surface area contributed by atoms with Crippen LogP contribution in [0.15, 0.2) is 158 Å². The second-order valence-corrected chi connectivity index (χ2v) is 17.9. The minimum Gasteiger partial charge on any atom is -0.423 e. The molecule has 7 aromatic rings. The van der Waals surface area contributed by atoms with Crippen LogP contribution in [0.3, 0.4) is 0 Å². The summed E-state index contributed by atoms with van der Waals surface area (Å²) in [5, 5.41) is 0. The van der Waals surface area contributed by atoms with Crippen molar-refractivity contribution in [3.05, 3.63) is 203 Å². The zero-order chi connectivity index (χ0) is 50.7. The van der Waals surface area contributed by atoms with Gasteiger partial charge in [-0.15, -0.1) is 0 Å². The van der Waals surface area contributed by atoms with Crippen molar-refractivity contribution in [2.75, 3.05) is 0 Å². The number of rotatable bonds is 24. The topological polar surface area (TPSA) is 105 Å². The molecule has 72 heavy (non-hydrogen) atoms. The van der Waals surface area contributed by atoms with E-state index in [4.69, 9.17) is 18.9 Å². The Morgan fingerprint density at radius 2 is 0.667 bits per heavy atom. The number of halogens is 2. The van der Waals surface area contributed by atoms with Gasteiger partial charge < -0.3 is 18.9 Å². The van der Waals surface area contributed by atoms with Crippen LogP contribution in [0.4, 0.5) is 8.78 Å². The van der Waals surface area contributed by atoms with E-state index in [1.54, 1.807) is 48.5 Å². The van der Waals surface area contributed by atoms with E-state index in [-0.39, 0.29) is 45.3 Å². The third-order valence-electron chi connectivity index (χ3n) is 12.4. The first kappa shape index (κ1) is 52.1. The molecule has 0 aliphatic heterocycles. The maximum Gasteiger partial charge on any atom is 0.343 e. The van der Waals surface area contributed by atoms with E-state index in [2.05, 4.69) is 62.4 Å². The fourth-order valence-electron chi connectivity index (χ4n) is 8.22. The lowest BCUT2D eigenvalue weighted by Gasteiger charge is -2.10. The SMILES string of the molecule is CCCCCCCCc1ccc(-c2ccc(C(=O)Oc3ccc(C(=O)Oc4cccc(OC(=O)c5ccc(OC(=O)c6ccc(-c7ccc(CCCCCCCC)cc7)cc6)c(F)c5)c4)cc3F)cc2)cc1. The number of carbonyl (C=O) groups is 4. The number of aryl methyl sites for hydroxylation is 2. The van der Waals surface area contributed by atoms with Crippen molar-refractivity contribution in [2.24, 2.45) is 0 Å². The van der Waals surface area contributed by atoms with Gasteiger partial charge in [0.15, 0.2) is 23.1 Å². The Morgan fingerprint density at radius 3 is 1.03 bits per heavy atom. The quantitative estimate of drug-likeness (QED) is 0.0335. The van der Waals surface area contributed by atoms with E-state index in [1.165, 1.54) is 125 Å². The minimum atomic E-state index is -0.962. The summed E-state index contributed by atoms with van der Waals surface area (Å²) in [5.41, 5.74) is 6.54. The Balaban J connectivity index is 0.864. The van der Waals surface area contributed by atoms with Crippen LogP contribution in [-0.4, -0.2) is 23.9 Å². The highest BCUT2D eigenvalue weighted by molar-refractivity contribution is 5.94. The van der Waals surface area contributed by atoms with E-state index < -0.39 is 35.5 Å². The first-order valence-corrected chi connectivity index (χ1v) is 25.0. The maximum atomic E-state index is 15.2. The molecule has 0 aliphatic rings. The molecule has 0 atom stereocenters. The maximum absolute atomic E-state index is 15.2. The highest BCUT2D eigenvalue weighted by Crippen LogP contribution is 2.28. The summed E-state index contributed by atoms with van der Waals surface area (Å²) < 4.78 is 51.9. The molecular weight excluding hydrogens is 911 g/mol. The van der Waals surface area contributed by atoms with Gasteiger partial charge in [-0.2, -0.15) is 0 Å². The smallest absolute Gasteiger partial charge is 0.343 e. The number of hydrogen-bond donors (Lipinski definition) is 0. The zero-order valence-electron chi connectivity index (χ0n) is 40.9. The molecule has 0 unspecified atom stereocenters. The predicted molar refractivity (Wildman–Crippen MR) is 277 cm³/mol. The van der Waals surface area contributed by atoms with Crippen molar-refractivity contribution >= 4 is 23.9 Å². The van der Waals surface area contributed by atoms with Gasteiger partial charge in [-0.1, -0.05) is 157 Å². The van der Waals surface area contributed by atoms with Crippen LogP contribution in [0, 0.1) is 11.6 Å². The lowest BCUT2D eigenvalue weighted by Crippen LogP contribution is -2.12. The van der Waals surface area contributed by atoms with Gasteiger partial charge in [-0.05, 0) is 132 Å². The number of hydrogen-bond acceptors (Lipinski definition) is 8. The van der Waals surface area contributed by atoms with Crippen molar-refractivity contribution in [1.29, 1.82) is 0 Å². The van der Waals surface area contributed by atoms with E-state index in [9.17, 15) is 19.2 Å². The number of ether oxygens (including phenoxy) is 4. The van der Waals surface area contributed by atoms with Crippen molar-refractivity contribution < 1.29 is 46.9 Å². The first-order valence-electron chi connectivity index (χ1n) is 25.0. The third kappa shape index (κ3) is 15.1. The number of esters is 4. The molecule has 10 heteroatoms. The predicted octanol–water partition coefficient (Wildman–Crippen LogP) is 16.0. The van der Waals surface area contributed by atoms with E-state index >= 15 is 8.78 Å². The van der Waals surface area contributed by atoms with Crippen molar-refractivity contribution in [2.45, 2.75) is 104 Å². The van der Waals surface area contributed by atoms with Gasteiger partial charge in [0.2, 0.25) is 0 Å². The second kappa shape index (κ2) is 26.5. The molecule has 7 aromatic carbocycles. The average Bonchev–Trinajstić information content (AvgIpc) is 3.40. The van der Waals surface area contributed by atoms with Crippen LogP contribution in [-0.2, 0) is 12.8 Å². The fourth-order valence-corrected chi connectivity index (χ4v) is 8.22. The molecule has 0 bridgehead atoms. The van der Waals surface area contributed by atoms with Crippen molar-refractivity contribution in [3.8, 4) is 45.3 Å². The van der Waals surface area contributed by atoms with Gasteiger partial charge >= 0.3 is 23.9 Å². The van der Waals surface area contributed by atoms with Crippen LogP contribution < -0.4 is 18.9 Å². The number of benzene rings is 7. The zero-order valence-corrected chi connectivity index (χ0v) is 40.9. The van der Waals surface area contributed by atoms with Gasteiger partial charge in [0, 0.05) is 6.07 Å². The average molecular weight is 971 g/mol. The normalized spacial score (nSPS) is 10.9. The fraction of sp³-hybridized carbons (Fsp3) is 0.258. The lowest BCUT2D eigenvalue weighted by atomic mass is 10.00. The number of carbonyl (C=O) groups excluding carboxylic acids is 4. The molecule has 0 aromatic heterocycles. The summed E-state index contributed by atoms with van der Waals surface area (Å²) >= 11 is 0. The van der Waals surface area contributed by atoms with Gasteiger partial charge in [0.1, 0.15) is 11.5 Å². The lowest BCUT2D eigenvalue weighted by molar-refractivity contribution is 0.0716. The summed E-state index contributed by atoms with van der Waals surface area (Å²) in [5.74, 6) is -6.17. The van der Waals surface area contributed by atoms with Crippen LogP contribution in [0.5, 0.6) is 23.0 Å². The standard InChI is InChI=1S/C62H60F2O8/c1-3-5-7-9-11-13-16-43-20-24-45(25-21-43)47-28-32-49(33-29-47)59(65)71-57-38-36-51(40-55(57)63)61(67)69-53-18-15-19-54(42-53)70-62(68)52-37-39-58(56(64)41-52)72-60(66)50-34-30-48(31-35-50)46-26-22-44(23-27-46)17-14-12-10-8-6-4-2/h15,18-42H,3-14,16-17H2,1-2H3. The third-order valence-corrected chi connectivity index (χ3v) is 12.4. The summed E-state index contributed by atoms with van der Waals surface area (Å²) in [4.78, 5) is 52.0. The minimum absolute atomic E-state index is 0.0352. The Bertz CT molecular complexity index is 2710. The Hall–Kier alpha value is -7.72. The first-order chi connectivity index (χ1) is 35.1. The van der Waals surface area contributed by atoms with Crippen LogP contribution in [0.2, 0.25) is 0 Å². The summed E-state index contributed by atoms with van der Waals surface area (Å²) in [6, 6.07) is 42.6. The highest BCUT2D eigenvalue weighted by atomic mass is 19.1. The molecule has 0 aliphatic carbocycles. The molecule has 0 spiro atoms. The van der Waals surface area contributed by atoms with Crippen molar-refractivity contribution in [1.82, 2.24) is 0 Å². The molecular formula is C62H60F2O8. The molecule has 0 saturated heterocycles. The van der Waals surface area contributed by atoms with Gasteiger partial charge in [-0.3, -0.25) is 0 Å². The molecule has 0 fully saturated rings. The van der Waals surface area contributed by atoms with E-state index in [0.29, 0.717) is 0 Å². The van der Waals surface area contributed by atoms with Gasteiger partial charge in [0.25, 0.3) is 0 Å². The summed E-state index contributed by atoms with van der Waals surface area (Å²) in [6.07, 6.45) is 17.1. The molecule has 0 radical (unpaired) electrons. The molecule has 370 valence electrons. The molecule has 0 saturated carbocycles. The molecule has 0 N–H and O–H groups in total. The number of unbranched alkanes of at least 4 members (excludes halogenated alkanes) is 10. The molecule has 0 amide bonds. The highest BCUT2D eigenvalue weighted by Gasteiger charge is 2.19. The van der Waals surface area contributed by atoms with Crippen LogP contribution in [0.1, 0.15) is 143 Å². The van der Waals surface area contributed by atoms with Gasteiger partial charge in [0.05, 0.1) is 22.3 Å². The molecule has 7 rings (SSSR count). The summed E-state index contributed by atoms with van der Waals surface area (Å²) in [6.45, 7) is 4.44. The Labute approximate surface area is 421 Å².